The molecule has 4 nitrogen and oxygen atoms in total. The molecule has 0 bridgehead atoms. The first kappa shape index (κ1) is 19.1. The van der Waals surface area contributed by atoms with Gasteiger partial charge in [-0.05, 0) is 41.2 Å². The number of nitrogens with zero attached hydrogens (tertiary/aromatic N) is 2. The normalized spacial score (nSPS) is 17.6. The fraction of sp³-hybridized carbons (Fsp3) is 0.273. The summed E-state index contributed by atoms with van der Waals surface area (Å²) in [5.41, 5.74) is 4.18. The first-order valence-corrected chi connectivity index (χ1v) is 9.27. The van der Waals surface area contributed by atoms with Crippen molar-refractivity contribution in [3.05, 3.63) is 75.8 Å². The van der Waals surface area contributed by atoms with E-state index in [1.165, 1.54) is 5.56 Å². The lowest BCUT2D eigenvalue weighted by molar-refractivity contribution is -0.118. The Labute approximate surface area is 165 Å². The van der Waals surface area contributed by atoms with Crippen LogP contribution in [0.25, 0.3) is 0 Å². The van der Waals surface area contributed by atoms with Gasteiger partial charge in [0.1, 0.15) is 17.8 Å². The minimum Gasteiger partial charge on any atom is -0.327 e. The highest BCUT2D eigenvalue weighted by Crippen LogP contribution is 2.36. The third kappa shape index (κ3) is 3.72. The number of amides is 1. The maximum absolute atomic E-state index is 12.4. The van der Waals surface area contributed by atoms with Crippen LogP contribution in [0.3, 0.4) is 0 Å². The van der Waals surface area contributed by atoms with Crippen molar-refractivity contribution < 1.29 is 4.79 Å². The number of nitriles is 1. The molecular formula is C22H23N3OS. The summed E-state index contributed by atoms with van der Waals surface area (Å²) < 4.78 is 0. The first-order chi connectivity index (χ1) is 12.7. The molecule has 1 heterocycles. The molecule has 0 saturated heterocycles. The van der Waals surface area contributed by atoms with Gasteiger partial charge in [0.25, 0.3) is 5.91 Å². The van der Waals surface area contributed by atoms with Crippen molar-refractivity contribution in [3.8, 4) is 6.07 Å². The van der Waals surface area contributed by atoms with Crippen LogP contribution in [0.4, 0.5) is 5.69 Å². The van der Waals surface area contributed by atoms with Gasteiger partial charge in [-0.3, -0.25) is 4.79 Å². The summed E-state index contributed by atoms with van der Waals surface area (Å²) in [7, 11) is 0. The van der Waals surface area contributed by atoms with Crippen molar-refractivity contribution in [1.29, 1.82) is 5.26 Å². The quantitative estimate of drug-likeness (QED) is 0.753. The van der Waals surface area contributed by atoms with E-state index < -0.39 is 12.1 Å². The summed E-state index contributed by atoms with van der Waals surface area (Å²) in [5, 5.41) is 12.7. The van der Waals surface area contributed by atoms with Gasteiger partial charge in [0.15, 0.2) is 0 Å². The number of hydrogen-bond acceptors (Lipinski definition) is 4. The van der Waals surface area contributed by atoms with Gasteiger partial charge in [-0.1, -0.05) is 57.2 Å². The standard InChI is InChI=1S/C22H23N3OS/c1-14-6-5-7-17(12-14)25-19(24-20(26)18(13-23)21(25)27)15-8-10-16(11-9-15)22(2,3)4/h5-12,19,27H,1-4H3,(H,24,26). The predicted octanol–water partition coefficient (Wildman–Crippen LogP) is 4.59. The Balaban J connectivity index is 2.11. The largest absolute Gasteiger partial charge is 0.327 e. The average Bonchev–Trinajstić information content (AvgIpc) is 2.61. The van der Waals surface area contributed by atoms with Crippen LogP contribution < -0.4 is 10.2 Å². The molecule has 2 aromatic rings. The fourth-order valence-corrected chi connectivity index (χ4v) is 3.54. The second-order valence-electron chi connectivity index (χ2n) is 7.77. The monoisotopic (exact) mass is 377 g/mol. The minimum absolute atomic E-state index is 0.0161. The third-order valence-electron chi connectivity index (χ3n) is 4.69. The zero-order valence-corrected chi connectivity index (χ0v) is 16.8. The highest BCUT2D eigenvalue weighted by atomic mass is 32.1. The van der Waals surface area contributed by atoms with E-state index in [1.807, 2.05) is 54.3 Å². The molecule has 5 heteroatoms. The number of rotatable bonds is 2. The van der Waals surface area contributed by atoms with E-state index in [-0.39, 0.29) is 11.0 Å². The Morgan fingerprint density at radius 1 is 1.15 bits per heavy atom. The Hall–Kier alpha value is -2.71. The molecule has 0 aliphatic carbocycles. The Kier molecular flexibility index (Phi) is 5.03. The maximum Gasteiger partial charge on any atom is 0.266 e. The van der Waals surface area contributed by atoms with E-state index in [4.69, 9.17) is 0 Å². The highest BCUT2D eigenvalue weighted by Gasteiger charge is 2.34. The van der Waals surface area contributed by atoms with Gasteiger partial charge in [0.05, 0.1) is 5.03 Å². The number of carbonyl (C=O) groups is 1. The fourth-order valence-electron chi connectivity index (χ4n) is 3.15. The molecule has 1 aliphatic heterocycles. The van der Waals surface area contributed by atoms with Crippen LogP contribution >= 0.6 is 12.6 Å². The molecule has 0 aromatic heterocycles. The average molecular weight is 378 g/mol. The van der Waals surface area contributed by atoms with Crippen molar-refractivity contribution in [2.75, 3.05) is 4.90 Å². The van der Waals surface area contributed by atoms with Crippen LogP contribution in [0, 0.1) is 18.3 Å². The van der Waals surface area contributed by atoms with Crippen LogP contribution in [0.2, 0.25) is 0 Å². The summed E-state index contributed by atoms with van der Waals surface area (Å²) in [6, 6.07) is 18.1. The van der Waals surface area contributed by atoms with Crippen LogP contribution in [-0.4, -0.2) is 5.91 Å². The van der Waals surface area contributed by atoms with Crippen molar-refractivity contribution in [2.24, 2.45) is 0 Å². The van der Waals surface area contributed by atoms with Gasteiger partial charge in [-0.15, -0.1) is 12.6 Å². The van der Waals surface area contributed by atoms with E-state index >= 15 is 0 Å². The molecule has 0 radical (unpaired) electrons. The van der Waals surface area contributed by atoms with Gasteiger partial charge in [-0.25, -0.2) is 0 Å². The highest BCUT2D eigenvalue weighted by molar-refractivity contribution is 7.84. The molecule has 1 atom stereocenters. The second-order valence-corrected chi connectivity index (χ2v) is 8.19. The summed E-state index contributed by atoms with van der Waals surface area (Å²) in [6.07, 6.45) is -0.432. The number of benzene rings is 2. The molecule has 1 N–H and O–H groups in total. The number of thiol groups is 1. The van der Waals surface area contributed by atoms with Crippen LogP contribution in [0.5, 0.6) is 0 Å². The molecule has 0 saturated carbocycles. The molecule has 27 heavy (non-hydrogen) atoms. The van der Waals surface area contributed by atoms with Crippen LogP contribution in [0.1, 0.15) is 43.6 Å². The molecule has 1 aliphatic rings. The zero-order chi connectivity index (χ0) is 19.8. The van der Waals surface area contributed by atoms with Crippen LogP contribution in [-0.2, 0) is 10.2 Å². The lowest BCUT2D eigenvalue weighted by Crippen LogP contribution is -2.46. The van der Waals surface area contributed by atoms with Gasteiger partial charge in [0, 0.05) is 5.69 Å². The summed E-state index contributed by atoms with van der Waals surface area (Å²) >= 11 is 4.53. The van der Waals surface area contributed by atoms with E-state index in [2.05, 4.69) is 50.8 Å². The Morgan fingerprint density at radius 3 is 2.37 bits per heavy atom. The van der Waals surface area contributed by atoms with Crippen molar-refractivity contribution >= 4 is 24.2 Å². The van der Waals surface area contributed by atoms with Gasteiger partial charge >= 0.3 is 0 Å². The van der Waals surface area contributed by atoms with E-state index in [1.54, 1.807) is 0 Å². The van der Waals surface area contributed by atoms with E-state index in [0.29, 0.717) is 5.03 Å². The maximum atomic E-state index is 12.4. The molecule has 1 amide bonds. The minimum atomic E-state index is -0.432. The van der Waals surface area contributed by atoms with E-state index in [0.717, 1.165) is 16.8 Å². The van der Waals surface area contributed by atoms with Crippen LogP contribution in [0.15, 0.2) is 59.1 Å². The first-order valence-electron chi connectivity index (χ1n) is 8.83. The predicted molar refractivity (Wildman–Crippen MR) is 111 cm³/mol. The van der Waals surface area contributed by atoms with Gasteiger partial charge in [0.2, 0.25) is 0 Å². The molecule has 1 unspecified atom stereocenters. The van der Waals surface area contributed by atoms with Gasteiger partial charge < -0.3 is 10.2 Å². The lowest BCUT2D eigenvalue weighted by Gasteiger charge is -2.38. The Morgan fingerprint density at radius 2 is 1.81 bits per heavy atom. The Bertz CT molecular complexity index is 949. The lowest BCUT2D eigenvalue weighted by atomic mass is 9.86. The smallest absolute Gasteiger partial charge is 0.266 e. The molecular weight excluding hydrogens is 354 g/mol. The number of aryl methyl sites for hydroxylation is 1. The number of hydrogen-bond donors (Lipinski definition) is 2. The molecule has 3 rings (SSSR count). The summed E-state index contributed by atoms with van der Waals surface area (Å²) in [4.78, 5) is 14.3. The summed E-state index contributed by atoms with van der Waals surface area (Å²) in [5.74, 6) is -0.406. The van der Waals surface area contributed by atoms with Crippen molar-refractivity contribution in [1.82, 2.24) is 5.32 Å². The summed E-state index contributed by atoms with van der Waals surface area (Å²) in [6.45, 7) is 8.50. The molecule has 138 valence electrons. The molecule has 0 fully saturated rings. The molecule has 0 spiro atoms. The van der Waals surface area contributed by atoms with Crippen molar-refractivity contribution in [3.63, 3.8) is 0 Å². The number of carbonyl (C=O) groups excluding carboxylic acids is 1. The topological polar surface area (TPSA) is 56.1 Å². The number of anilines is 1. The number of nitrogens with one attached hydrogen (secondary N) is 1. The third-order valence-corrected chi connectivity index (χ3v) is 5.13. The van der Waals surface area contributed by atoms with E-state index in [9.17, 15) is 10.1 Å². The second kappa shape index (κ2) is 7.13. The van der Waals surface area contributed by atoms with Gasteiger partial charge in [-0.2, -0.15) is 5.26 Å². The SMILES string of the molecule is Cc1cccc(N2C(S)=C(C#N)C(=O)NC2c2ccc(C(C)(C)C)cc2)c1. The van der Waals surface area contributed by atoms with Crippen molar-refractivity contribution in [2.45, 2.75) is 39.3 Å². The zero-order valence-electron chi connectivity index (χ0n) is 15.9. The molecule has 2 aromatic carbocycles.